The lowest BCUT2D eigenvalue weighted by atomic mass is 9.69. The second kappa shape index (κ2) is 5.87. The zero-order chi connectivity index (χ0) is 17.5. The first-order valence-corrected chi connectivity index (χ1v) is 7.89. The van der Waals surface area contributed by atoms with Gasteiger partial charge in [0.1, 0.15) is 11.3 Å². The van der Waals surface area contributed by atoms with Crippen molar-refractivity contribution in [1.82, 2.24) is 0 Å². The molecule has 126 valence electrons. The van der Waals surface area contributed by atoms with Crippen LogP contribution in [0.3, 0.4) is 0 Å². The van der Waals surface area contributed by atoms with Crippen LogP contribution in [0.25, 0.3) is 0 Å². The molecule has 0 bridgehead atoms. The molecular weight excluding hydrogens is 296 g/mol. The van der Waals surface area contributed by atoms with Crippen LogP contribution in [0.2, 0.25) is 0 Å². The van der Waals surface area contributed by atoms with Gasteiger partial charge in [0.25, 0.3) is 0 Å². The molecule has 1 saturated carbocycles. The van der Waals surface area contributed by atoms with Gasteiger partial charge < -0.3 is 15.3 Å². The van der Waals surface area contributed by atoms with Crippen LogP contribution in [-0.2, 0) is 4.79 Å². The predicted octanol–water partition coefficient (Wildman–Crippen LogP) is 3.64. The number of carbonyl (C=O) groups is 2. The lowest BCUT2D eigenvalue weighted by Crippen LogP contribution is -2.34. The van der Waals surface area contributed by atoms with Gasteiger partial charge in [-0.1, -0.05) is 19.9 Å². The molecule has 1 aromatic rings. The van der Waals surface area contributed by atoms with Crippen LogP contribution in [0.5, 0.6) is 5.75 Å². The smallest absolute Gasteiger partial charge is 0.339 e. The molecule has 23 heavy (non-hydrogen) atoms. The van der Waals surface area contributed by atoms with Crippen LogP contribution in [0.4, 0.5) is 0 Å². The molecule has 0 heterocycles. The lowest BCUT2D eigenvalue weighted by Gasteiger charge is -2.34. The minimum atomic E-state index is -1.22. The molecular formula is C18H24O5. The number of aryl methyl sites for hydroxylation is 1. The van der Waals surface area contributed by atoms with Crippen LogP contribution >= 0.6 is 0 Å². The van der Waals surface area contributed by atoms with Crippen molar-refractivity contribution in [1.29, 1.82) is 0 Å². The van der Waals surface area contributed by atoms with E-state index < -0.39 is 23.3 Å². The zero-order valence-corrected chi connectivity index (χ0v) is 14.0. The molecule has 0 radical (unpaired) electrons. The highest BCUT2D eigenvalue weighted by atomic mass is 16.4. The predicted molar refractivity (Wildman–Crippen MR) is 85.8 cm³/mol. The third kappa shape index (κ3) is 2.80. The largest absolute Gasteiger partial charge is 0.507 e. The Morgan fingerprint density at radius 3 is 2.35 bits per heavy atom. The van der Waals surface area contributed by atoms with Crippen LogP contribution in [0.1, 0.15) is 61.0 Å². The molecule has 0 spiro atoms. The average molecular weight is 320 g/mol. The second-order valence-electron chi connectivity index (χ2n) is 7.20. The maximum Gasteiger partial charge on any atom is 0.339 e. The van der Waals surface area contributed by atoms with E-state index in [1.807, 2.05) is 13.8 Å². The second-order valence-corrected chi connectivity index (χ2v) is 7.20. The Morgan fingerprint density at radius 1 is 1.26 bits per heavy atom. The number of hydrogen-bond donors (Lipinski definition) is 3. The summed E-state index contributed by atoms with van der Waals surface area (Å²) in [6.07, 6.45) is 1.24. The molecule has 2 rings (SSSR count). The summed E-state index contributed by atoms with van der Waals surface area (Å²) in [4.78, 5) is 23.6. The van der Waals surface area contributed by atoms with E-state index in [9.17, 15) is 24.9 Å². The summed E-state index contributed by atoms with van der Waals surface area (Å²) >= 11 is 0. The maximum atomic E-state index is 11.9. The maximum absolute atomic E-state index is 11.9. The van der Waals surface area contributed by atoms with Gasteiger partial charge in [-0.05, 0) is 55.7 Å². The summed E-state index contributed by atoms with van der Waals surface area (Å²) in [6.45, 7) is 7.52. The third-order valence-electron chi connectivity index (χ3n) is 5.30. The van der Waals surface area contributed by atoms with E-state index in [0.717, 1.165) is 12.0 Å². The summed E-state index contributed by atoms with van der Waals surface area (Å²) in [5.74, 6) is -2.57. The quantitative estimate of drug-likeness (QED) is 0.787. The molecule has 3 atom stereocenters. The highest BCUT2D eigenvalue weighted by molar-refractivity contribution is 5.93. The highest BCUT2D eigenvalue weighted by Crippen LogP contribution is 2.56. The molecule has 0 amide bonds. The van der Waals surface area contributed by atoms with E-state index in [0.29, 0.717) is 12.0 Å². The topological polar surface area (TPSA) is 94.8 Å². The minimum Gasteiger partial charge on any atom is -0.507 e. The Balaban J connectivity index is 2.73. The molecule has 3 unspecified atom stereocenters. The lowest BCUT2D eigenvalue weighted by molar-refractivity contribution is -0.148. The van der Waals surface area contributed by atoms with Gasteiger partial charge >= 0.3 is 11.9 Å². The number of aliphatic carboxylic acids is 1. The first-order valence-electron chi connectivity index (χ1n) is 7.89. The van der Waals surface area contributed by atoms with E-state index in [1.165, 1.54) is 6.07 Å². The fourth-order valence-corrected chi connectivity index (χ4v) is 4.07. The number of carboxylic acid groups (broad SMARTS) is 2. The Morgan fingerprint density at radius 2 is 1.87 bits per heavy atom. The van der Waals surface area contributed by atoms with Crippen molar-refractivity contribution >= 4 is 11.9 Å². The first kappa shape index (κ1) is 17.3. The molecule has 1 aromatic carbocycles. The number of phenols is 1. The van der Waals surface area contributed by atoms with Gasteiger partial charge in [-0.25, -0.2) is 4.79 Å². The van der Waals surface area contributed by atoms with Crippen molar-refractivity contribution in [3.8, 4) is 5.75 Å². The molecule has 1 aliphatic rings. The Hall–Kier alpha value is -2.04. The van der Waals surface area contributed by atoms with Crippen molar-refractivity contribution < 1.29 is 24.9 Å². The van der Waals surface area contributed by atoms with Gasteiger partial charge in [-0.3, -0.25) is 4.79 Å². The third-order valence-corrected chi connectivity index (χ3v) is 5.30. The fraction of sp³-hybridized carbons (Fsp3) is 0.556. The molecule has 3 N–H and O–H groups in total. The number of aromatic carboxylic acids is 1. The van der Waals surface area contributed by atoms with Crippen molar-refractivity contribution in [2.45, 2.75) is 46.5 Å². The van der Waals surface area contributed by atoms with Crippen molar-refractivity contribution in [2.75, 3.05) is 0 Å². The van der Waals surface area contributed by atoms with Crippen molar-refractivity contribution in [3.05, 3.63) is 28.8 Å². The Bertz CT molecular complexity index is 649. The number of benzene rings is 1. The van der Waals surface area contributed by atoms with E-state index in [2.05, 4.69) is 0 Å². The normalized spacial score (nSPS) is 27.3. The standard InChI is InChI=1S/C18H24O5/c1-9(2)11-5-6-18(4,17(22)23)15(11)12-7-10(3)8-13(19)14(12)16(20)21/h7-9,11,15,19H,5-6H2,1-4H3,(H,20,21)(H,22,23). The Kier molecular flexibility index (Phi) is 4.42. The number of hydrogen-bond acceptors (Lipinski definition) is 3. The molecule has 5 heteroatoms. The molecule has 1 aliphatic carbocycles. The van der Waals surface area contributed by atoms with Gasteiger partial charge in [0.05, 0.1) is 5.41 Å². The van der Waals surface area contributed by atoms with E-state index in [1.54, 1.807) is 19.9 Å². The average Bonchev–Trinajstić information content (AvgIpc) is 2.76. The number of carboxylic acids is 2. The summed E-state index contributed by atoms with van der Waals surface area (Å²) in [6, 6.07) is 3.13. The monoisotopic (exact) mass is 320 g/mol. The van der Waals surface area contributed by atoms with E-state index >= 15 is 0 Å². The summed E-state index contributed by atoms with van der Waals surface area (Å²) in [5.41, 5.74) is -0.0271. The summed E-state index contributed by atoms with van der Waals surface area (Å²) in [7, 11) is 0. The van der Waals surface area contributed by atoms with Crippen molar-refractivity contribution in [2.24, 2.45) is 17.3 Å². The molecule has 0 aromatic heterocycles. The van der Waals surface area contributed by atoms with Crippen LogP contribution < -0.4 is 0 Å². The molecule has 1 fully saturated rings. The van der Waals surface area contributed by atoms with Crippen LogP contribution in [0.15, 0.2) is 12.1 Å². The Labute approximate surface area is 136 Å². The molecule has 5 nitrogen and oxygen atoms in total. The molecule has 0 saturated heterocycles. The van der Waals surface area contributed by atoms with Gasteiger partial charge in [0.15, 0.2) is 0 Å². The fourth-order valence-electron chi connectivity index (χ4n) is 4.07. The van der Waals surface area contributed by atoms with Crippen molar-refractivity contribution in [3.63, 3.8) is 0 Å². The zero-order valence-electron chi connectivity index (χ0n) is 14.0. The first-order chi connectivity index (χ1) is 10.6. The van der Waals surface area contributed by atoms with Gasteiger partial charge in [0.2, 0.25) is 0 Å². The van der Waals surface area contributed by atoms with E-state index in [-0.39, 0.29) is 23.1 Å². The SMILES string of the molecule is Cc1cc(O)c(C(=O)O)c(C2C(C(C)C)CCC2(C)C(=O)O)c1. The summed E-state index contributed by atoms with van der Waals surface area (Å²) in [5, 5.41) is 29.4. The number of rotatable bonds is 4. The van der Waals surface area contributed by atoms with Gasteiger partial charge in [-0.15, -0.1) is 0 Å². The number of aromatic hydroxyl groups is 1. The van der Waals surface area contributed by atoms with Crippen LogP contribution in [-0.4, -0.2) is 27.3 Å². The highest BCUT2D eigenvalue weighted by Gasteiger charge is 2.52. The van der Waals surface area contributed by atoms with E-state index in [4.69, 9.17) is 0 Å². The van der Waals surface area contributed by atoms with Gasteiger partial charge in [-0.2, -0.15) is 0 Å². The summed E-state index contributed by atoms with van der Waals surface area (Å²) < 4.78 is 0. The van der Waals surface area contributed by atoms with Crippen LogP contribution in [0, 0.1) is 24.2 Å². The molecule has 0 aliphatic heterocycles. The minimum absolute atomic E-state index is 0.0652. The van der Waals surface area contributed by atoms with Gasteiger partial charge in [0, 0.05) is 5.92 Å².